The van der Waals surface area contributed by atoms with Gasteiger partial charge in [-0.05, 0) is 54.3 Å². The van der Waals surface area contributed by atoms with E-state index in [1.165, 1.54) is 45.5 Å². The van der Waals surface area contributed by atoms with Gasteiger partial charge in [-0.2, -0.15) is 4.99 Å². The van der Waals surface area contributed by atoms with E-state index in [1.807, 2.05) is 11.5 Å². The molecule has 3 aromatic rings. The Balaban J connectivity index is 1.95. The highest BCUT2D eigenvalue weighted by Gasteiger charge is 2.20. The van der Waals surface area contributed by atoms with Crippen LogP contribution >= 0.6 is 11.3 Å². The number of rotatable bonds is 9. The second-order valence-electron chi connectivity index (χ2n) is 8.29. The van der Waals surface area contributed by atoms with Crippen molar-refractivity contribution in [2.24, 2.45) is 4.99 Å². The lowest BCUT2D eigenvalue weighted by Crippen LogP contribution is -2.27. The molecule has 0 radical (unpaired) electrons. The summed E-state index contributed by atoms with van der Waals surface area (Å²) in [5.74, 6) is -0.00563. The molecule has 6 nitrogen and oxygen atoms in total. The van der Waals surface area contributed by atoms with Crippen LogP contribution in [0.5, 0.6) is 0 Å². The van der Waals surface area contributed by atoms with Crippen LogP contribution in [0.1, 0.15) is 55.5 Å². The Kier molecular flexibility index (Phi) is 8.05. The number of carbonyl (C=O) groups is 1. The van der Waals surface area contributed by atoms with Gasteiger partial charge in [0.05, 0.1) is 15.1 Å². The quantitative estimate of drug-likeness (QED) is 0.392. The van der Waals surface area contributed by atoms with Gasteiger partial charge < -0.3 is 4.57 Å². The normalized spacial score (nSPS) is 12.7. The predicted octanol–water partition coefficient (Wildman–Crippen LogP) is 5.17. The summed E-state index contributed by atoms with van der Waals surface area (Å²) in [5, 5.41) is 0. The molecule has 0 saturated carbocycles. The highest BCUT2D eigenvalue weighted by atomic mass is 32.2. The second kappa shape index (κ2) is 10.6. The number of unbranched alkanes of at least 4 members (excludes halogenated alkanes) is 1. The minimum atomic E-state index is -3.58. The summed E-state index contributed by atoms with van der Waals surface area (Å²) < 4.78 is 29.8. The molecule has 3 rings (SSSR count). The average Bonchev–Trinajstić information content (AvgIpc) is 3.13. The lowest BCUT2D eigenvalue weighted by atomic mass is 10.0. The first-order chi connectivity index (χ1) is 15.7. The van der Waals surface area contributed by atoms with Crippen molar-refractivity contribution in [3.05, 3.63) is 71.0 Å². The minimum Gasteiger partial charge on any atom is -0.312 e. The summed E-state index contributed by atoms with van der Waals surface area (Å²) in [6, 6.07) is 12.3. The number of thiazole rings is 1. The van der Waals surface area contributed by atoms with E-state index in [0.29, 0.717) is 29.4 Å². The first-order valence-corrected chi connectivity index (χ1v) is 13.3. The van der Waals surface area contributed by atoms with Crippen molar-refractivity contribution in [1.82, 2.24) is 8.87 Å². The van der Waals surface area contributed by atoms with Crippen LogP contribution in [0, 0.1) is 0 Å². The summed E-state index contributed by atoms with van der Waals surface area (Å²) in [5.41, 5.74) is 2.58. The average molecular weight is 486 g/mol. The van der Waals surface area contributed by atoms with Gasteiger partial charge in [0.25, 0.3) is 5.91 Å². The zero-order valence-corrected chi connectivity index (χ0v) is 21.2. The molecule has 0 aliphatic heterocycles. The fourth-order valence-corrected chi connectivity index (χ4v) is 5.74. The van der Waals surface area contributed by atoms with Crippen LogP contribution in [0.15, 0.2) is 65.0 Å². The first kappa shape index (κ1) is 25.1. The molecule has 0 atom stereocenters. The molecule has 0 spiro atoms. The Labute approximate surface area is 200 Å². The van der Waals surface area contributed by atoms with Gasteiger partial charge >= 0.3 is 0 Å². The number of fused-ring (bicyclic) bond motifs is 1. The van der Waals surface area contributed by atoms with Gasteiger partial charge in [-0.15, -0.1) is 6.58 Å². The zero-order chi connectivity index (χ0) is 24.2. The molecule has 0 aliphatic rings. The fourth-order valence-electron chi connectivity index (χ4n) is 3.44. The molecule has 0 unspecified atom stereocenters. The van der Waals surface area contributed by atoms with Crippen LogP contribution in [0.4, 0.5) is 0 Å². The molecule has 1 amide bonds. The number of benzene rings is 2. The summed E-state index contributed by atoms with van der Waals surface area (Å²) >= 11 is 1.46. The number of aromatic nitrogens is 1. The zero-order valence-electron chi connectivity index (χ0n) is 19.6. The Morgan fingerprint density at radius 3 is 2.52 bits per heavy atom. The maximum Gasteiger partial charge on any atom is 0.279 e. The minimum absolute atomic E-state index is 0.169. The van der Waals surface area contributed by atoms with Crippen molar-refractivity contribution in [1.29, 1.82) is 0 Å². The highest BCUT2D eigenvalue weighted by molar-refractivity contribution is 7.89. The van der Waals surface area contributed by atoms with Crippen molar-refractivity contribution in [2.45, 2.75) is 51.0 Å². The molecule has 176 valence electrons. The van der Waals surface area contributed by atoms with E-state index in [0.717, 1.165) is 23.1 Å². The molecule has 0 N–H and O–H groups in total. The van der Waals surface area contributed by atoms with E-state index in [9.17, 15) is 13.2 Å². The SMILES string of the molecule is C=CCn1c(=NC(=O)c2ccc(S(=O)(=O)N(C)CCCC)cc2)sc2cc(C(C)C)ccc21. The van der Waals surface area contributed by atoms with Gasteiger partial charge in [-0.25, -0.2) is 12.7 Å². The molecular formula is C25H31N3O3S2. The molecule has 1 aromatic heterocycles. The molecule has 33 heavy (non-hydrogen) atoms. The number of allylic oxidation sites excluding steroid dienone is 1. The highest BCUT2D eigenvalue weighted by Crippen LogP contribution is 2.24. The number of hydrogen-bond acceptors (Lipinski definition) is 4. The number of amides is 1. The fraction of sp³-hybridized carbons (Fsp3) is 0.360. The lowest BCUT2D eigenvalue weighted by Gasteiger charge is -2.16. The summed E-state index contributed by atoms with van der Waals surface area (Å²) in [7, 11) is -2.00. The molecule has 0 aliphatic carbocycles. The Bertz CT molecular complexity index is 1320. The standard InChI is InChI=1S/C25H31N3O3S2/c1-6-8-16-27(5)33(30,31)21-12-9-19(10-13-21)24(29)26-25-28(15-7-2)22-14-11-20(18(3)4)17-23(22)32-25/h7,9-14,17-18H,2,6,8,15-16H2,1,3-5H3. The van der Waals surface area contributed by atoms with Gasteiger partial charge in [0.1, 0.15) is 0 Å². The number of carbonyl (C=O) groups excluding carboxylic acids is 1. The molecule has 8 heteroatoms. The molecule has 2 aromatic carbocycles. The summed E-state index contributed by atoms with van der Waals surface area (Å²) in [6.07, 6.45) is 3.49. The molecule has 0 fully saturated rings. The predicted molar refractivity (Wildman–Crippen MR) is 135 cm³/mol. The van der Waals surface area contributed by atoms with Crippen molar-refractivity contribution in [2.75, 3.05) is 13.6 Å². The van der Waals surface area contributed by atoms with Crippen LogP contribution in [0.3, 0.4) is 0 Å². The maximum absolute atomic E-state index is 12.9. The van der Waals surface area contributed by atoms with E-state index in [1.54, 1.807) is 13.1 Å². The number of sulfonamides is 1. The first-order valence-electron chi connectivity index (χ1n) is 11.1. The van der Waals surface area contributed by atoms with Crippen LogP contribution in [0.25, 0.3) is 10.2 Å². The Morgan fingerprint density at radius 1 is 1.21 bits per heavy atom. The van der Waals surface area contributed by atoms with Crippen molar-refractivity contribution < 1.29 is 13.2 Å². The van der Waals surface area contributed by atoms with Crippen LogP contribution in [-0.4, -0.2) is 36.8 Å². The third-order valence-corrected chi connectivity index (χ3v) is 8.43. The van der Waals surface area contributed by atoms with Gasteiger partial charge in [-0.1, -0.05) is 50.7 Å². The largest absolute Gasteiger partial charge is 0.312 e. The van der Waals surface area contributed by atoms with E-state index >= 15 is 0 Å². The van der Waals surface area contributed by atoms with Crippen LogP contribution in [-0.2, 0) is 16.6 Å². The maximum atomic E-state index is 12.9. The molecular weight excluding hydrogens is 454 g/mol. The number of nitrogens with zero attached hydrogens (tertiary/aromatic N) is 3. The third-order valence-electron chi connectivity index (χ3n) is 5.52. The van der Waals surface area contributed by atoms with Gasteiger partial charge in [0.15, 0.2) is 4.80 Å². The summed E-state index contributed by atoms with van der Waals surface area (Å²) in [4.78, 5) is 18.0. The molecule has 0 saturated heterocycles. The van der Waals surface area contributed by atoms with Crippen molar-refractivity contribution in [3.8, 4) is 0 Å². The Morgan fingerprint density at radius 2 is 1.91 bits per heavy atom. The van der Waals surface area contributed by atoms with Crippen LogP contribution < -0.4 is 4.80 Å². The molecule has 0 bridgehead atoms. The monoisotopic (exact) mass is 485 g/mol. The Hall–Kier alpha value is -2.55. The van der Waals surface area contributed by atoms with Gasteiger partial charge in [0, 0.05) is 25.7 Å². The topological polar surface area (TPSA) is 71.7 Å². The van der Waals surface area contributed by atoms with E-state index in [-0.39, 0.29) is 4.90 Å². The van der Waals surface area contributed by atoms with Crippen LogP contribution in [0.2, 0.25) is 0 Å². The van der Waals surface area contributed by atoms with Gasteiger partial charge in [-0.3, -0.25) is 4.79 Å². The number of hydrogen-bond donors (Lipinski definition) is 0. The summed E-state index contributed by atoms with van der Waals surface area (Å²) in [6.45, 7) is 11.1. The smallest absolute Gasteiger partial charge is 0.279 e. The second-order valence-corrected chi connectivity index (χ2v) is 11.3. The van der Waals surface area contributed by atoms with E-state index in [2.05, 4.69) is 43.6 Å². The molecule has 1 heterocycles. The lowest BCUT2D eigenvalue weighted by molar-refractivity contribution is 0.0997. The van der Waals surface area contributed by atoms with Gasteiger partial charge in [0.2, 0.25) is 10.0 Å². The third kappa shape index (κ3) is 5.51. The van der Waals surface area contributed by atoms with Crippen molar-refractivity contribution in [3.63, 3.8) is 0 Å². The van der Waals surface area contributed by atoms with E-state index in [4.69, 9.17) is 0 Å². The van der Waals surface area contributed by atoms with Crippen molar-refractivity contribution >= 4 is 37.5 Å². The van der Waals surface area contributed by atoms with E-state index < -0.39 is 15.9 Å².